The molecule has 0 unspecified atom stereocenters. The summed E-state index contributed by atoms with van der Waals surface area (Å²) in [5.41, 5.74) is 3.93. The number of carboxylic acids is 1. The first-order valence-electron chi connectivity index (χ1n) is 13.5. The molecular formula is C30H35BrN4O4. The number of carbonyl (C=O) groups is 3. The largest absolute Gasteiger partial charge is 0.478 e. The van der Waals surface area contributed by atoms with Crippen LogP contribution in [0.3, 0.4) is 0 Å². The summed E-state index contributed by atoms with van der Waals surface area (Å²) in [6.07, 6.45) is 4.49. The molecule has 1 N–H and O–H groups in total. The van der Waals surface area contributed by atoms with Crippen LogP contribution in [0.2, 0.25) is 0 Å². The maximum absolute atomic E-state index is 13.9. The van der Waals surface area contributed by atoms with Crippen LogP contribution in [-0.4, -0.2) is 62.1 Å². The lowest BCUT2D eigenvalue weighted by molar-refractivity contribution is 0.0695. The van der Waals surface area contributed by atoms with Crippen molar-refractivity contribution in [3.63, 3.8) is 0 Å². The summed E-state index contributed by atoms with van der Waals surface area (Å²) in [5, 5.41) is 14.3. The van der Waals surface area contributed by atoms with Crippen LogP contribution >= 0.6 is 15.9 Å². The second-order valence-corrected chi connectivity index (χ2v) is 10.7. The second kappa shape index (κ2) is 12.6. The number of benzene rings is 2. The van der Waals surface area contributed by atoms with Gasteiger partial charge < -0.3 is 14.9 Å². The Kier molecular flexibility index (Phi) is 9.22. The van der Waals surface area contributed by atoms with Gasteiger partial charge in [-0.2, -0.15) is 5.10 Å². The molecule has 0 radical (unpaired) electrons. The van der Waals surface area contributed by atoms with Gasteiger partial charge in [0.15, 0.2) is 5.69 Å². The molecule has 0 saturated heterocycles. The SMILES string of the molecule is CCCCN(CCCC)C(=O)c1nn(-c2ccc(C(=O)O)cc2C(=O)N2CCc3ccccc3C2)c(C)c1Br. The number of carboxylic acid groups (broad SMARTS) is 1. The molecule has 0 spiro atoms. The summed E-state index contributed by atoms with van der Waals surface area (Å²) < 4.78 is 2.14. The topological polar surface area (TPSA) is 95.7 Å². The monoisotopic (exact) mass is 594 g/mol. The van der Waals surface area contributed by atoms with Crippen LogP contribution in [0, 0.1) is 6.92 Å². The number of fused-ring (bicyclic) bond motifs is 1. The van der Waals surface area contributed by atoms with E-state index in [0.717, 1.165) is 37.7 Å². The normalized spacial score (nSPS) is 12.8. The van der Waals surface area contributed by atoms with E-state index in [0.29, 0.717) is 42.0 Å². The average Bonchev–Trinajstić information content (AvgIpc) is 3.25. The van der Waals surface area contributed by atoms with E-state index in [4.69, 9.17) is 0 Å². The molecule has 0 fully saturated rings. The summed E-state index contributed by atoms with van der Waals surface area (Å²) >= 11 is 3.58. The zero-order chi connectivity index (χ0) is 28.1. The zero-order valence-corrected chi connectivity index (χ0v) is 24.3. The second-order valence-electron chi connectivity index (χ2n) is 9.94. The van der Waals surface area contributed by atoms with Gasteiger partial charge in [-0.1, -0.05) is 51.0 Å². The molecule has 206 valence electrons. The van der Waals surface area contributed by atoms with Gasteiger partial charge in [0.25, 0.3) is 11.8 Å². The van der Waals surface area contributed by atoms with Crippen molar-refractivity contribution >= 4 is 33.7 Å². The maximum atomic E-state index is 13.9. The summed E-state index contributed by atoms with van der Waals surface area (Å²) in [5.74, 6) is -1.54. The first-order valence-corrected chi connectivity index (χ1v) is 14.3. The maximum Gasteiger partial charge on any atom is 0.335 e. The van der Waals surface area contributed by atoms with Crippen molar-refractivity contribution in [1.82, 2.24) is 19.6 Å². The van der Waals surface area contributed by atoms with Crippen LogP contribution < -0.4 is 0 Å². The van der Waals surface area contributed by atoms with E-state index in [1.807, 2.05) is 30.0 Å². The molecule has 1 aliphatic heterocycles. The molecule has 1 aliphatic rings. The number of aromatic carboxylic acids is 1. The lowest BCUT2D eigenvalue weighted by Gasteiger charge is -2.29. The highest BCUT2D eigenvalue weighted by Crippen LogP contribution is 2.29. The minimum Gasteiger partial charge on any atom is -0.478 e. The molecule has 0 atom stereocenters. The van der Waals surface area contributed by atoms with E-state index in [1.165, 1.54) is 17.7 Å². The predicted molar refractivity (Wildman–Crippen MR) is 154 cm³/mol. The summed E-state index contributed by atoms with van der Waals surface area (Å²) in [4.78, 5) is 42.8. The Bertz CT molecular complexity index is 1380. The Labute approximate surface area is 237 Å². The third-order valence-electron chi connectivity index (χ3n) is 7.22. The minimum atomic E-state index is -1.11. The molecule has 3 aromatic rings. The Balaban J connectivity index is 1.74. The third kappa shape index (κ3) is 6.08. The predicted octanol–water partition coefficient (Wildman–Crippen LogP) is 5.88. The molecule has 2 aromatic carbocycles. The van der Waals surface area contributed by atoms with E-state index < -0.39 is 5.97 Å². The number of hydrogen-bond donors (Lipinski definition) is 1. The fourth-order valence-electron chi connectivity index (χ4n) is 4.88. The highest BCUT2D eigenvalue weighted by atomic mass is 79.9. The molecule has 2 amide bonds. The van der Waals surface area contributed by atoms with Crippen molar-refractivity contribution < 1.29 is 19.5 Å². The van der Waals surface area contributed by atoms with Gasteiger partial charge in [0.05, 0.1) is 27.0 Å². The number of rotatable bonds is 10. The van der Waals surface area contributed by atoms with Crippen LogP contribution in [0.1, 0.15) is 87.6 Å². The van der Waals surface area contributed by atoms with Crippen molar-refractivity contribution in [3.8, 4) is 5.69 Å². The van der Waals surface area contributed by atoms with Gasteiger partial charge in [-0.3, -0.25) is 9.59 Å². The van der Waals surface area contributed by atoms with Crippen LogP contribution in [0.4, 0.5) is 0 Å². The number of nitrogens with zero attached hydrogens (tertiary/aromatic N) is 4. The van der Waals surface area contributed by atoms with Gasteiger partial charge >= 0.3 is 5.97 Å². The van der Waals surface area contributed by atoms with E-state index >= 15 is 0 Å². The van der Waals surface area contributed by atoms with Gasteiger partial charge in [-0.05, 0) is 71.4 Å². The van der Waals surface area contributed by atoms with Crippen molar-refractivity contribution in [2.24, 2.45) is 0 Å². The van der Waals surface area contributed by atoms with Gasteiger partial charge in [0.2, 0.25) is 0 Å². The smallest absolute Gasteiger partial charge is 0.335 e. The number of unbranched alkanes of at least 4 members (excludes halogenated alkanes) is 2. The molecule has 9 heteroatoms. The first-order chi connectivity index (χ1) is 18.8. The van der Waals surface area contributed by atoms with Crippen molar-refractivity contribution in [2.75, 3.05) is 19.6 Å². The number of carbonyl (C=O) groups excluding carboxylic acids is 2. The summed E-state index contributed by atoms with van der Waals surface area (Å²) in [7, 11) is 0. The Morgan fingerprint density at radius 1 is 1.03 bits per heavy atom. The van der Waals surface area contributed by atoms with Crippen molar-refractivity contribution in [1.29, 1.82) is 0 Å². The van der Waals surface area contributed by atoms with Crippen LogP contribution in [0.15, 0.2) is 46.9 Å². The molecule has 1 aromatic heterocycles. The van der Waals surface area contributed by atoms with Gasteiger partial charge in [-0.25, -0.2) is 9.48 Å². The summed E-state index contributed by atoms with van der Waals surface area (Å²) in [6, 6.07) is 12.5. The van der Waals surface area contributed by atoms with Gasteiger partial charge in [0.1, 0.15) is 0 Å². The minimum absolute atomic E-state index is 0.0185. The molecule has 0 saturated carbocycles. The summed E-state index contributed by atoms with van der Waals surface area (Å²) in [6.45, 7) is 8.30. The Hall–Kier alpha value is -3.46. The first kappa shape index (κ1) is 28.5. The molecule has 0 bridgehead atoms. The molecular weight excluding hydrogens is 560 g/mol. The molecule has 0 aliphatic carbocycles. The lowest BCUT2D eigenvalue weighted by atomic mass is 9.98. The fourth-order valence-corrected chi connectivity index (χ4v) is 5.30. The van der Waals surface area contributed by atoms with Crippen molar-refractivity contribution in [2.45, 2.75) is 59.4 Å². The van der Waals surface area contributed by atoms with Crippen molar-refractivity contribution in [3.05, 3.63) is 80.6 Å². The van der Waals surface area contributed by atoms with E-state index in [2.05, 4.69) is 40.9 Å². The number of aromatic nitrogens is 2. The van der Waals surface area contributed by atoms with Crippen LogP contribution in [0.25, 0.3) is 5.69 Å². The molecule has 8 nitrogen and oxygen atoms in total. The average molecular weight is 596 g/mol. The highest BCUT2D eigenvalue weighted by Gasteiger charge is 2.29. The van der Waals surface area contributed by atoms with Gasteiger partial charge in [0, 0.05) is 26.2 Å². The Morgan fingerprint density at radius 2 is 1.69 bits per heavy atom. The molecule has 39 heavy (non-hydrogen) atoms. The quantitative estimate of drug-likeness (QED) is 0.316. The van der Waals surface area contributed by atoms with Crippen LogP contribution in [-0.2, 0) is 13.0 Å². The number of hydrogen-bond acceptors (Lipinski definition) is 4. The fraction of sp³-hybridized carbons (Fsp3) is 0.400. The van der Waals surface area contributed by atoms with Gasteiger partial charge in [-0.15, -0.1) is 0 Å². The lowest BCUT2D eigenvalue weighted by Crippen LogP contribution is -2.36. The Morgan fingerprint density at radius 3 is 2.33 bits per heavy atom. The number of amides is 2. The third-order valence-corrected chi connectivity index (χ3v) is 8.17. The van der Waals surface area contributed by atoms with E-state index in [1.54, 1.807) is 15.6 Å². The standard InChI is InChI=1S/C30H35BrN4O4/c1-4-6-15-33(16-7-5-2)29(37)27-26(31)20(3)35(32-27)25-13-12-22(30(38)39)18-24(25)28(36)34-17-14-21-10-8-9-11-23(21)19-34/h8-13,18H,4-7,14-17,19H2,1-3H3,(H,38,39). The van der Waals surface area contributed by atoms with E-state index in [9.17, 15) is 19.5 Å². The number of halogens is 1. The highest BCUT2D eigenvalue weighted by molar-refractivity contribution is 9.10. The van der Waals surface area contributed by atoms with E-state index in [-0.39, 0.29) is 28.6 Å². The zero-order valence-electron chi connectivity index (χ0n) is 22.7. The van der Waals surface area contributed by atoms with Crippen LogP contribution in [0.5, 0.6) is 0 Å². The molecule has 4 rings (SSSR count). The molecule has 2 heterocycles.